The van der Waals surface area contributed by atoms with Gasteiger partial charge < -0.3 is 5.32 Å². The summed E-state index contributed by atoms with van der Waals surface area (Å²) in [7, 11) is 0. The number of rotatable bonds is 3. The molecule has 0 aliphatic rings. The molecule has 1 rings (SSSR count). The molecule has 0 unspecified atom stereocenters. The van der Waals surface area contributed by atoms with Crippen molar-refractivity contribution in [2.24, 2.45) is 0 Å². The summed E-state index contributed by atoms with van der Waals surface area (Å²) in [4.78, 5) is 0. The fourth-order valence-electron chi connectivity index (χ4n) is 0.976. The fourth-order valence-corrected chi connectivity index (χ4v) is 1.31. The highest BCUT2D eigenvalue weighted by Gasteiger charge is 1.94. The summed E-state index contributed by atoms with van der Waals surface area (Å²) >= 11 is 8.84. The van der Waals surface area contributed by atoms with Gasteiger partial charge in [0.05, 0.1) is 0 Å². The molecule has 0 aromatic heterocycles. The fraction of sp³-hybridized carbons (Fsp3) is 0.200. The number of anilines is 1. The SMILES string of the molecule is Cc1cc(NC/C=C/Cl)ccc1Br. The topological polar surface area (TPSA) is 12.0 Å². The van der Waals surface area contributed by atoms with Gasteiger partial charge in [0.1, 0.15) is 0 Å². The molecule has 0 aliphatic carbocycles. The lowest BCUT2D eigenvalue weighted by Gasteiger charge is -2.05. The Morgan fingerprint density at radius 2 is 2.31 bits per heavy atom. The van der Waals surface area contributed by atoms with Crippen LogP contribution in [0.15, 0.2) is 34.3 Å². The normalized spacial score (nSPS) is 10.7. The summed E-state index contributed by atoms with van der Waals surface area (Å²) < 4.78 is 1.13. The van der Waals surface area contributed by atoms with E-state index < -0.39 is 0 Å². The molecule has 0 spiro atoms. The Kier molecular flexibility index (Phi) is 4.33. The van der Waals surface area contributed by atoms with Crippen LogP contribution in [0.4, 0.5) is 5.69 Å². The molecule has 13 heavy (non-hydrogen) atoms. The molecule has 1 N–H and O–H groups in total. The number of hydrogen-bond acceptors (Lipinski definition) is 1. The third-order valence-electron chi connectivity index (χ3n) is 1.67. The molecule has 0 heterocycles. The second kappa shape index (κ2) is 5.30. The molecular weight excluding hydrogens is 249 g/mol. The van der Waals surface area contributed by atoms with E-state index in [1.54, 1.807) is 0 Å². The molecule has 0 aliphatic heterocycles. The van der Waals surface area contributed by atoms with Crippen molar-refractivity contribution in [1.29, 1.82) is 0 Å². The third-order valence-corrected chi connectivity index (χ3v) is 2.74. The van der Waals surface area contributed by atoms with Gasteiger partial charge in [-0.1, -0.05) is 33.6 Å². The van der Waals surface area contributed by atoms with E-state index in [2.05, 4.69) is 34.2 Å². The maximum atomic E-state index is 5.40. The van der Waals surface area contributed by atoms with Gasteiger partial charge >= 0.3 is 0 Å². The average Bonchev–Trinajstić information content (AvgIpc) is 2.12. The molecule has 0 saturated heterocycles. The largest absolute Gasteiger partial charge is 0.382 e. The maximum absolute atomic E-state index is 5.40. The first-order valence-corrected chi connectivity index (χ1v) is 5.22. The molecule has 1 nitrogen and oxygen atoms in total. The van der Waals surface area contributed by atoms with Crippen molar-refractivity contribution in [2.45, 2.75) is 6.92 Å². The van der Waals surface area contributed by atoms with E-state index >= 15 is 0 Å². The number of nitrogens with one attached hydrogen (secondary N) is 1. The van der Waals surface area contributed by atoms with Gasteiger partial charge in [-0.3, -0.25) is 0 Å². The minimum atomic E-state index is 0.755. The van der Waals surface area contributed by atoms with Crippen LogP contribution in [-0.2, 0) is 0 Å². The molecule has 3 heteroatoms. The lowest BCUT2D eigenvalue weighted by Crippen LogP contribution is -1.97. The molecule has 1 aromatic rings. The van der Waals surface area contributed by atoms with E-state index in [1.807, 2.05) is 18.2 Å². The van der Waals surface area contributed by atoms with Gasteiger partial charge in [-0.15, -0.1) is 0 Å². The van der Waals surface area contributed by atoms with Crippen LogP contribution in [0.25, 0.3) is 0 Å². The van der Waals surface area contributed by atoms with Crippen molar-refractivity contribution in [3.05, 3.63) is 39.8 Å². The van der Waals surface area contributed by atoms with Gasteiger partial charge in [0.25, 0.3) is 0 Å². The summed E-state index contributed by atoms with van der Waals surface area (Å²) in [5.74, 6) is 0. The van der Waals surface area contributed by atoms with E-state index in [1.165, 1.54) is 11.1 Å². The first-order valence-electron chi connectivity index (χ1n) is 3.99. The maximum Gasteiger partial charge on any atom is 0.0346 e. The van der Waals surface area contributed by atoms with Crippen molar-refractivity contribution in [3.63, 3.8) is 0 Å². The molecule has 0 bridgehead atoms. The predicted molar refractivity (Wildman–Crippen MR) is 62.4 cm³/mol. The van der Waals surface area contributed by atoms with E-state index in [0.717, 1.165) is 16.7 Å². The van der Waals surface area contributed by atoms with Crippen LogP contribution in [-0.4, -0.2) is 6.54 Å². The van der Waals surface area contributed by atoms with Crippen molar-refractivity contribution in [1.82, 2.24) is 0 Å². The first kappa shape index (κ1) is 10.6. The van der Waals surface area contributed by atoms with E-state index in [9.17, 15) is 0 Å². The van der Waals surface area contributed by atoms with Crippen molar-refractivity contribution < 1.29 is 0 Å². The average molecular weight is 261 g/mol. The number of aryl methyl sites for hydroxylation is 1. The van der Waals surface area contributed by atoms with Gasteiger partial charge in [0.2, 0.25) is 0 Å². The first-order chi connectivity index (χ1) is 6.24. The Hall–Kier alpha value is -0.470. The highest BCUT2D eigenvalue weighted by molar-refractivity contribution is 9.10. The zero-order valence-electron chi connectivity index (χ0n) is 7.35. The molecule has 0 saturated carbocycles. The molecular formula is C10H11BrClN. The van der Waals surface area contributed by atoms with Gasteiger partial charge in [-0.25, -0.2) is 0 Å². The Balaban J connectivity index is 2.63. The highest BCUT2D eigenvalue weighted by Crippen LogP contribution is 2.19. The van der Waals surface area contributed by atoms with Crippen LogP contribution in [0.2, 0.25) is 0 Å². The van der Waals surface area contributed by atoms with Gasteiger partial charge in [0, 0.05) is 22.2 Å². The van der Waals surface area contributed by atoms with Crippen LogP contribution >= 0.6 is 27.5 Å². The Morgan fingerprint density at radius 1 is 1.54 bits per heavy atom. The number of hydrogen-bond donors (Lipinski definition) is 1. The smallest absolute Gasteiger partial charge is 0.0346 e. The van der Waals surface area contributed by atoms with Crippen molar-refractivity contribution in [2.75, 3.05) is 11.9 Å². The molecule has 1 aromatic carbocycles. The van der Waals surface area contributed by atoms with Gasteiger partial charge in [-0.2, -0.15) is 0 Å². The zero-order chi connectivity index (χ0) is 9.68. The number of halogens is 2. The Morgan fingerprint density at radius 3 is 2.92 bits per heavy atom. The minimum Gasteiger partial charge on any atom is -0.382 e. The summed E-state index contributed by atoms with van der Waals surface area (Å²) in [5, 5.41) is 3.22. The van der Waals surface area contributed by atoms with Crippen LogP contribution in [0.1, 0.15) is 5.56 Å². The summed E-state index contributed by atoms with van der Waals surface area (Å²) in [6, 6.07) is 6.15. The third kappa shape index (κ3) is 3.41. The monoisotopic (exact) mass is 259 g/mol. The van der Waals surface area contributed by atoms with Crippen LogP contribution < -0.4 is 5.32 Å². The summed E-state index contributed by atoms with van der Waals surface area (Å²) in [5.41, 5.74) is 3.84. The van der Waals surface area contributed by atoms with Crippen molar-refractivity contribution in [3.8, 4) is 0 Å². The molecule has 0 atom stereocenters. The Labute approximate surface area is 91.9 Å². The van der Waals surface area contributed by atoms with E-state index in [4.69, 9.17) is 11.6 Å². The van der Waals surface area contributed by atoms with Crippen LogP contribution in [0.5, 0.6) is 0 Å². The molecule has 70 valence electrons. The van der Waals surface area contributed by atoms with Crippen LogP contribution in [0, 0.1) is 6.92 Å². The minimum absolute atomic E-state index is 0.755. The number of benzene rings is 1. The lowest BCUT2D eigenvalue weighted by molar-refractivity contribution is 1.32. The quantitative estimate of drug-likeness (QED) is 0.868. The highest BCUT2D eigenvalue weighted by atomic mass is 79.9. The van der Waals surface area contributed by atoms with Crippen LogP contribution in [0.3, 0.4) is 0 Å². The second-order valence-corrected chi connectivity index (χ2v) is 3.81. The van der Waals surface area contributed by atoms with Crippen molar-refractivity contribution >= 4 is 33.2 Å². The zero-order valence-corrected chi connectivity index (χ0v) is 9.69. The van der Waals surface area contributed by atoms with E-state index in [0.29, 0.717) is 0 Å². The predicted octanol–water partition coefficient (Wildman–Crippen LogP) is 3.92. The van der Waals surface area contributed by atoms with Gasteiger partial charge in [-0.05, 0) is 30.7 Å². The lowest BCUT2D eigenvalue weighted by atomic mass is 10.2. The Bertz CT molecular complexity index is 310. The molecule has 0 radical (unpaired) electrons. The molecule has 0 amide bonds. The summed E-state index contributed by atoms with van der Waals surface area (Å²) in [6.45, 7) is 2.82. The molecule has 0 fully saturated rings. The van der Waals surface area contributed by atoms with Gasteiger partial charge in [0.15, 0.2) is 0 Å². The second-order valence-electron chi connectivity index (χ2n) is 2.71. The standard InChI is InChI=1S/C10H11BrClN/c1-8-7-9(3-4-10(8)11)13-6-2-5-12/h2-5,7,13H,6H2,1H3/b5-2+. The van der Waals surface area contributed by atoms with E-state index in [-0.39, 0.29) is 0 Å². The summed E-state index contributed by atoms with van der Waals surface area (Å²) in [6.07, 6.45) is 1.86.